The molecule has 1 fully saturated rings. The number of aromatic nitrogens is 2. The van der Waals surface area contributed by atoms with E-state index < -0.39 is 0 Å². The van der Waals surface area contributed by atoms with E-state index in [1.165, 1.54) is 0 Å². The molecule has 0 aliphatic carbocycles. The van der Waals surface area contributed by atoms with Gasteiger partial charge in [0.25, 0.3) is 4.84 Å². The summed E-state index contributed by atoms with van der Waals surface area (Å²) >= 11 is 11.1. The van der Waals surface area contributed by atoms with Crippen LogP contribution in [0, 0.1) is 4.84 Å². The van der Waals surface area contributed by atoms with Gasteiger partial charge in [0.2, 0.25) is 5.89 Å². The molecular formula is C14H16ClN3O2S. The Labute approximate surface area is 132 Å². The Morgan fingerprint density at radius 3 is 2.86 bits per heavy atom. The molecule has 1 saturated heterocycles. The van der Waals surface area contributed by atoms with Gasteiger partial charge >= 0.3 is 0 Å². The van der Waals surface area contributed by atoms with Crippen LogP contribution in [0.4, 0.5) is 0 Å². The molecule has 0 spiro atoms. The quantitative estimate of drug-likeness (QED) is 0.879. The summed E-state index contributed by atoms with van der Waals surface area (Å²) in [6.07, 6.45) is 1.57. The minimum Gasteiger partial charge on any atom is -0.409 e. The highest BCUT2D eigenvalue weighted by atomic mass is 35.5. The predicted octanol–water partition coefficient (Wildman–Crippen LogP) is 2.94. The van der Waals surface area contributed by atoms with Crippen molar-refractivity contribution < 1.29 is 9.52 Å². The van der Waals surface area contributed by atoms with Crippen molar-refractivity contribution in [3.63, 3.8) is 0 Å². The molecule has 1 atom stereocenters. The second-order valence-electron chi connectivity index (χ2n) is 5.19. The fourth-order valence-electron chi connectivity index (χ4n) is 2.45. The molecule has 3 rings (SSSR count). The Bertz CT molecular complexity index is 668. The minimum atomic E-state index is -0.268. The fraction of sp³-hybridized carbons (Fsp3) is 0.429. The lowest BCUT2D eigenvalue weighted by Gasteiger charge is -2.29. The summed E-state index contributed by atoms with van der Waals surface area (Å²) in [5.74, 6) is 0.481. The number of aliphatic hydroxyl groups excluding tert-OH is 1. The predicted molar refractivity (Wildman–Crippen MR) is 82.6 cm³/mol. The molecule has 1 aliphatic rings. The largest absolute Gasteiger partial charge is 0.409 e. The summed E-state index contributed by atoms with van der Waals surface area (Å²) in [4.78, 5) is 2.46. The first kappa shape index (κ1) is 14.7. The molecule has 0 amide bonds. The van der Waals surface area contributed by atoms with Crippen LogP contribution in [-0.4, -0.2) is 39.0 Å². The van der Waals surface area contributed by atoms with Gasteiger partial charge in [0, 0.05) is 23.7 Å². The topological polar surface area (TPSA) is 54.4 Å². The summed E-state index contributed by atoms with van der Waals surface area (Å²) in [6, 6.07) is 7.26. The van der Waals surface area contributed by atoms with Crippen molar-refractivity contribution in [2.45, 2.75) is 25.6 Å². The number of benzene rings is 1. The first-order chi connectivity index (χ1) is 10.1. The van der Waals surface area contributed by atoms with Crippen molar-refractivity contribution in [2.24, 2.45) is 0 Å². The van der Waals surface area contributed by atoms with Crippen LogP contribution >= 0.6 is 23.8 Å². The summed E-state index contributed by atoms with van der Waals surface area (Å²) in [5, 5.41) is 14.8. The Morgan fingerprint density at radius 2 is 2.14 bits per heavy atom. The van der Waals surface area contributed by atoms with Crippen LogP contribution in [0.5, 0.6) is 0 Å². The van der Waals surface area contributed by atoms with E-state index in [9.17, 15) is 5.11 Å². The number of piperidine rings is 1. The number of halogens is 1. The number of β-amino-alcohol motifs (C(OH)–C–C–N with tert-alkyl or cyclic N) is 1. The lowest BCUT2D eigenvalue weighted by atomic mass is 10.1. The molecule has 1 aliphatic heterocycles. The van der Waals surface area contributed by atoms with Crippen LogP contribution in [-0.2, 0) is 6.67 Å². The van der Waals surface area contributed by atoms with Gasteiger partial charge in [-0.05, 0) is 49.3 Å². The Hall–Kier alpha value is -1.21. The molecule has 2 heterocycles. The maximum absolute atomic E-state index is 9.70. The smallest absolute Gasteiger partial charge is 0.288 e. The number of aliphatic hydroxyl groups is 1. The maximum atomic E-state index is 9.70. The van der Waals surface area contributed by atoms with Crippen molar-refractivity contribution >= 4 is 23.8 Å². The van der Waals surface area contributed by atoms with Gasteiger partial charge in [0.1, 0.15) is 0 Å². The summed E-state index contributed by atoms with van der Waals surface area (Å²) < 4.78 is 7.19. The van der Waals surface area contributed by atoms with Crippen molar-refractivity contribution in [2.75, 3.05) is 13.1 Å². The van der Waals surface area contributed by atoms with Gasteiger partial charge in [0.05, 0.1) is 12.8 Å². The lowest BCUT2D eigenvalue weighted by molar-refractivity contribution is 0.0509. The van der Waals surface area contributed by atoms with E-state index in [0.29, 0.717) is 29.0 Å². The molecule has 1 N–H and O–H groups in total. The zero-order chi connectivity index (χ0) is 14.8. The van der Waals surface area contributed by atoms with E-state index in [1.807, 2.05) is 12.1 Å². The van der Waals surface area contributed by atoms with E-state index in [1.54, 1.807) is 16.8 Å². The number of nitrogens with zero attached hydrogens (tertiary/aromatic N) is 3. The van der Waals surface area contributed by atoms with Crippen LogP contribution in [0.3, 0.4) is 0 Å². The van der Waals surface area contributed by atoms with Crippen molar-refractivity contribution in [3.8, 4) is 11.5 Å². The molecule has 1 aromatic carbocycles. The molecule has 0 saturated carbocycles. The van der Waals surface area contributed by atoms with Gasteiger partial charge in [-0.2, -0.15) is 0 Å². The van der Waals surface area contributed by atoms with Crippen LogP contribution in [0.2, 0.25) is 5.02 Å². The van der Waals surface area contributed by atoms with E-state index in [-0.39, 0.29) is 6.10 Å². The molecule has 0 radical (unpaired) electrons. The standard InChI is InChI=1S/C14H16ClN3O2S/c15-11-5-3-10(4-6-11)13-16-18(14(21)20-13)9-17-7-1-2-12(19)8-17/h3-6,12,19H,1-2,7-9H2/t12-/m1/s1. The molecule has 0 bridgehead atoms. The minimum absolute atomic E-state index is 0.268. The normalized spacial score (nSPS) is 19.8. The zero-order valence-corrected chi connectivity index (χ0v) is 13.0. The molecule has 5 nitrogen and oxygen atoms in total. The average molecular weight is 326 g/mol. The fourth-order valence-corrected chi connectivity index (χ4v) is 2.76. The molecule has 7 heteroatoms. The van der Waals surface area contributed by atoms with Gasteiger partial charge in [0.15, 0.2) is 0 Å². The highest BCUT2D eigenvalue weighted by molar-refractivity contribution is 7.71. The third-order valence-electron chi connectivity index (χ3n) is 3.51. The van der Waals surface area contributed by atoms with Gasteiger partial charge < -0.3 is 9.52 Å². The number of hydrogen-bond acceptors (Lipinski definition) is 5. The highest BCUT2D eigenvalue weighted by Crippen LogP contribution is 2.20. The average Bonchev–Trinajstić information content (AvgIpc) is 2.81. The molecule has 1 aromatic heterocycles. The second-order valence-corrected chi connectivity index (χ2v) is 5.98. The Balaban J connectivity index is 1.78. The third-order valence-corrected chi connectivity index (χ3v) is 4.06. The lowest BCUT2D eigenvalue weighted by Crippen LogP contribution is -2.39. The summed E-state index contributed by atoms with van der Waals surface area (Å²) in [5.41, 5.74) is 0.836. The van der Waals surface area contributed by atoms with Gasteiger partial charge in [-0.1, -0.05) is 11.6 Å². The molecule has 2 aromatic rings. The van der Waals surface area contributed by atoms with E-state index in [2.05, 4.69) is 10.00 Å². The number of rotatable bonds is 3. The van der Waals surface area contributed by atoms with E-state index in [4.69, 9.17) is 28.2 Å². The summed E-state index contributed by atoms with van der Waals surface area (Å²) in [7, 11) is 0. The van der Waals surface area contributed by atoms with E-state index >= 15 is 0 Å². The van der Waals surface area contributed by atoms with Crippen LogP contribution in [0.15, 0.2) is 28.7 Å². The van der Waals surface area contributed by atoms with Crippen LogP contribution in [0.1, 0.15) is 12.8 Å². The molecule has 21 heavy (non-hydrogen) atoms. The highest BCUT2D eigenvalue weighted by Gasteiger charge is 2.19. The van der Waals surface area contributed by atoms with Crippen molar-refractivity contribution in [1.82, 2.24) is 14.7 Å². The SMILES string of the molecule is O[C@@H]1CCCN(Cn2nc(-c3ccc(Cl)cc3)oc2=S)C1. The number of likely N-dealkylation sites (tertiary alicyclic amines) is 1. The first-order valence-electron chi connectivity index (χ1n) is 6.86. The van der Waals surface area contributed by atoms with E-state index in [0.717, 1.165) is 24.9 Å². The van der Waals surface area contributed by atoms with Gasteiger partial charge in [-0.25, -0.2) is 4.68 Å². The second kappa shape index (κ2) is 6.27. The van der Waals surface area contributed by atoms with Crippen molar-refractivity contribution in [3.05, 3.63) is 34.1 Å². The summed E-state index contributed by atoms with van der Waals surface area (Å²) in [6.45, 7) is 2.11. The third kappa shape index (κ3) is 3.52. The molecule has 112 valence electrons. The molecular weight excluding hydrogens is 310 g/mol. The Kier molecular flexibility index (Phi) is 4.40. The Morgan fingerprint density at radius 1 is 1.38 bits per heavy atom. The number of hydrogen-bond donors (Lipinski definition) is 1. The van der Waals surface area contributed by atoms with Crippen LogP contribution < -0.4 is 0 Å². The first-order valence-corrected chi connectivity index (χ1v) is 7.65. The van der Waals surface area contributed by atoms with Crippen LogP contribution in [0.25, 0.3) is 11.5 Å². The molecule has 0 unspecified atom stereocenters. The zero-order valence-electron chi connectivity index (χ0n) is 11.4. The van der Waals surface area contributed by atoms with Gasteiger partial charge in [-0.3, -0.25) is 4.90 Å². The van der Waals surface area contributed by atoms with Crippen molar-refractivity contribution in [1.29, 1.82) is 0 Å². The maximum Gasteiger partial charge on any atom is 0.288 e. The van der Waals surface area contributed by atoms with Gasteiger partial charge in [-0.15, -0.1) is 5.10 Å². The monoisotopic (exact) mass is 325 g/mol.